The van der Waals surface area contributed by atoms with Crippen molar-refractivity contribution in [3.63, 3.8) is 0 Å². The van der Waals surface area contributed by atoms with Gasteiger partial charge in [0.1, 0.15) is 5.60 Å². The Labute approximate surface area is 158 Å². The number of benzene rings is 1. The van der Waals surface area contributed by atoms with E-state index in [0.717, 1.165) is 0 Å². The Morgan fingerprint density at radius 1 is 1.42 bits per heavy atom. The molecule has 1 aliphatic rings. The number of hydrogen-bond donors (Lipinski definition) is 2. The van der Waals surface area contributed by atoms with Gasteiger partial charge in [-0.15, -0.1) is 0 Å². The molecule has 1 unspecified atom stereocenters. The van der Waals surface area contributed by atoms with E-state index in [2.05, 4.69) is 21.2 Å². The average Bonchev–Trinajstić information content (AvgIpc) is 2.90. The highest BCUT2D eigenvalue weighted by atomic mass is 79.9. The topological polar surface area (TPSA) is 122 Å². The number of nitro benzene ring substituents is 1. The molecule has 0 radical (unpaired) electrons. The van der Waals surface area contributed by atoms with Crippen LogP contribution in [-0.4, -0.2) is 46.3 Å². The average molecular weight is 430 g/mol. The summed E-state index contributed by atoms with van der Waals surface area (Å²) in [7, 11) is 0. The van der Waals surface area contributed by atoms with Gasteiger partial charge in [-0.3, -0.25) is 10.1 Å². The first-order chi connectivity index (χ1) is 11.9. The summed E-state index contributed by atoms with van der Waals surface area (Å²) in [6.45, 7) is 5.44. The molecule has 10 heteroatoms. The Bertz CT molecular complexity index is 748. The number of nitro groups is 1. The molecule has 1 aromatic rings. The molecule has 1 heterocycles. The molecule has 0 saturated carbocycles. The number of halogens is 1. The number of carboxylic acid groups (broad SMARTS) is 1. The van der Waals surface area contributed by atoms with Crippen molar-refractivity contribution in [3.8, 4) is 0 Å². The van der Waals surface area contributed by atoms with Crippen molar-refractivity contribution >= 4 is 39.4 Å². The van der Waals surface area contributed by atoms with Gasteiger partial charge in [0.05, 0.1) is 17.2 Å². The van der Waals surface area contributed by atoms with Gasteiger partial charge in [-0.1, -0.05) is 0 Å². The molecule has 1 fully saturated rings. The molecule has 2 N–H and O–H groups in total. The Morgan fingerprint density at radius 3 is 2.58 bits per heavy atom. The molecule has 0 bridgehead atoms. The third-order valence-corrected chi connectivity index (χ3v) is 4.54. The summed E-state index contributed by atoms with van der Waals surface area (Å²) in [5.41, 5.74) is -1.70. The fraction of sp³-hybridized carbons (Fsp3) is 0.500. The van der Waals surface area contributed by atoms with Crippen molar-refractivity contribution < 1.29 is 24.4 Å². The SMILES string of the molecule is CC(C)(C)OC(=O)NC1(C(=O)O)CCN(c2ccc([N+](=O)[O-])cc2Br)C1. The highest BCUT2D eigenvalue weighted by Gasteiger charge is 2.47. The molecular formula is C16H20BrN3O6. The van der Waals surface area contributed by atoms with Crippen LogP contribution >= 0.6 is 15.9 Å². The third kappa shape index (κ3) is 4.43. The molecule has 1 aliphatic heterocycles. The predicted octanol–water partition coefficient (Wildman–Crippen LogP) is 2.92. The van der Waals surface area contributed by atoms with E-state index in [1.54, 1.807) is 31.7 Å². The lowest BCUT2D eigenvalue weighted by atomic mass is 9.99. The maximum absolute atomic E-state index is 12.1. The monoisotopic (exact) mass is 429 g/mol. The fourth-order valence-corrected chi connectivity index (χ4v) is 3.33. The van der Waals surface area contributed by atoms with Crippen LogP contribution in [0.15, 0.2) is 22.7 Å². The van der Waals surface area contributed by atoms with Crippen LogP contribution in [0.1, 0.15) is 27.2 Å². The second kappa shape index (κ2) is 7.10. The summed E-state index contributed by atoms with van der Waals surface area (Å²) in [5.74, 6) is -1.16. The van der Waals surface area contributed by atoms with Gasteiger partial charge in [0.15, 0.2) is 5.54 Å². The van der Waals surface area contributed by atoms with Gasteiger partial charge in [-0.05, 0) is 42.8 Å². The second-order valence-electron chi connectivity index (χ2n) is 7.08. The van der Waals surface area contributed by atoms with Crippen LogP contribution in [0.2, 0.25) is 0 Å². The second-order valence-corrected chi connectivity index (χ2v) is 7.93. The first kappa shape index (κ1) is 20.0. The normalized spacial score (nSPS) is 19.9. The van der Waals surface area contributed by atoms with Crippen LogP contribution in [0.5, 0.6) is 0 Å². The van der Waals surface area contributed by atoms with E-state index in [4.69, 9.17) is 4.74 Å². The van der Waals surface area contributed by atoms with Gasteiger partial charge in [-0.2, -0.15) is 0 Å². The number of alkyl carbamates (subject to hydrolysis) is 1. The molecule has 0 spiro atoms. The number of rotatable bonds is 4. The van der Waals surface area contributed by atoms with Crippen molar-refractivity contribution in [1.29, 1.82) is 0 Å². The maximum atomic E-state index is 12.1. The number of carbonyl (C=O) groups is 2. The molecule has 142 valence electrons. The Hall–Kier alpha value is -2.36. The predicted molar refractivity (Wildman–Crippen MR) is 97.4 cm³/mol. The molecule has 0 aliphatic carbocycles. The van der Waals surface area contributed by atoms with Gasteiger partial charge >= 0.3 is 12.1 Å². The summed E-state index contributed by atoms with van der Waals surface area (Å²) in [5, 5.41) is 23.0. The highest BCUT2D eigenvalue weighted by Crippen LogP contribution is 2.35. The minimum Gasteiger partial charge on any atom is -0.479 e. The zero-order valence-electron chi connectivity index (χ0n) is 14.6. The largest absolute Gasteiger partial charge is 0.479 e. The fourth-order valence-electron chi connectivity index (χ4n) is 2.71. The van der Waals surface area contributed by atoms with Crippen LogP contribution in [-0.2, 0) is 9.53 Å². The molecule has 2 rings (SSSR count). The van der Waals surface area contributed by atoms with E-state index < -0.39 is 28.1 Å². The van der Waals surface area contributed by atoms with Crippen molar-refractivity contribution in [3.05, 3.63) is 32.8 Å². The summed E-state index contributed by atoms with van der Waals surface area (Å²) in [6.07, 6.45) is -0.630. The number of amides is 1. The van der Waals surface area contributed by atoms with Gasteiger partial charge in [-0.25, -0.2) is 9.59 Å². The standard InChI is InChI=1S/C16H20BrN3O6/c1-15(2,3)26-14(23)18-16(13(21)22)6-7-19(9-16)12-5-4-10(20(24)25)8-11(12)17/h4-5,8H,6-7,9H2,1-3H3,(H,18,23)(H,21,22). The van der Waals surface area contributed by atoms with Crippen molar-refractivity contribution in [1.82, 2.24) is 5.32 Å². The lowest BCUT2D eigenvalue weighted by molar-refractivity contribution is -0.384. The number of carbonyl (C=O) groups excluding carboxylic acids is 1. The molecule has 1 aromatic carbocycles. The minimum absolute atomic E-state index is 0.0119. The lowest BCUT2D eigenvalue weighted by Gasteiger charge is -2.29. The summed E-state index contributed by atoms with van der Waals surface area (Å²) < 4.78 is 5.64. The quantitative estimate of drug-likeness (QED) is 0.556. The molecule has 0 aromatic heterocycles. The summed E-state index contributed by atoms with van der Waals surface area (Å²) in [6, 6.07) is 4.26. The van der Waals surface area contributed by atoms with Gasteiger partial charge in [0.25, 0.3) is 5.69 Å². The number of anilines is 1. The zero-order valence-corrected chi connectivity index (χ0v) is 16.2. The van der Waals surface area contributed by atoms with Crippen molar-refractivity contribution in [2.75, 3.05) is 18.0 Å². The molecule has 1 atom stereocenters. The van der Waals surface area contributed by atoms with Crippen molar-refractivity contribution in [2.45, 2.75) is 38.3 Å². The van der Waals surface area contributed by atoms with Crippen LogP contribution in [0.3, 0.4) is 0 Å². The van der Waals surface area contributed by atoms with Crippen LogP contribution in [0, 0.1) is 10.1 Å². The van der Waals surface area contributed by atoms with E-state index in [-0.39, 0.29) is 18.7 Å². The smallest absolute Gasteiger partial charge is 0.408 e. The van der Waals surface area contributed by atoms with Gasteiger partial charge in [0.2, 0.25) is 0 Å². The summed E-state index contributed by atoms with van der Waals surface area (Å²) in [4.78, 5) is 36.0. The van der Waals surface area contributed by atoms with E-state index in [1.807, 2.05) is 0 Å². The number of non-ortho nitro benzene ring substituents is 1. The molecular weight excluding hydrogens is 410 g/mol. The molecule has 1 saturated heterocycles. The van der Waals surface area contributed by atoms with Gasteiger partial charge in [0, 0.05) is 29.6 Å². The number of aliphatic carboxylic acids is 1. The van der Waals surface area contributed by atoms with Crippen LogP contribution in [0.25, 0.3) is 0 Å². The Morgan fingerprint density at radius 2 is 2.08 bits per heavy atom. The Balaban J connectivity index is 2.20. The minimum atomic E-state index is -1.50. The van der Waals surface area contributed by atoms with Gasteiger partial charge < -0.3 is 20.1 Å². The van der Waals surface area contributed by atoms with E-state index in [9.17, 15) is 24.8 Å². The van der Waals surface area contributed by atoms with E-state index in [0.29, 0.717) is 16.7 Å². The first-order valence-corrected chi connectivity index (χ1v) is 8.66. The third-order valence-electron chi connectivity index (χ3n) is 3.90. The summed E-state index contributed by atoms with van der Waals surface area (Å²) >= 11 is 3.29. The first-order valence-electron chi connectivity index (χ1n) is 7.87. The number of hydrogen-bond acceptors (Lipinski definition) is 6. The zero-order chi connectivity index (χ0) is 19.7. The molecule has 26 heavy (non-hydrogen) atoms. The number of nitrogens with one attached hydrogen (secondary N) is 1. The van der Waals surface area contributed by atoms with E-state index >= 15 is 0 Å². The Kier molecular flexibility index (Phi) is 5.45. The van der Waals surface area contributed by atoms with Crippen LogP contribution in [0.4, 0.5) is 16.2 Å². The number of nitrogens with zero attached hydrogens (tertiary/aromatic N) is 2. The lowest BCUT2D eigenvalue weighted by Crippen LogP contribution is -2.57. The molecule has 1 amide bonds. The molecule has 9 nitrogen and oxygen atoms in total. The van der Waals surface area contributed by atoms with Crippen molar-refractivity contribution in [2.24, 2.45) is 0 Å². The maximum Gasteiger partial charge on any atom is 0.408 e. The number of carboxylic acids is 1. The highest BCUT2D eigenvalue weighted by molar-refractivity contribution is 9.10. The van der Waals surface area contributed by atoms with E-state index in [1.165, 1.54) is 12.1 Å². The van der Waals surface area contributed by atoms with Crippen LogP contribution < -0.4 is 10.2 Å². The number of ether oxygens (including phenoxy) is 1.